The summed E-state index contributed by atoms with van der Waals surface area (Å²) in [6.45, 7) is 7.46. The number of ether oxygens (including phenoxy) is 1. The highest BCUT2D eigenvalue weighted by molar-refractivity contribution is 5.97. The summed E-state index contributed by atoms with van der Waals surface area (Å²) in [5.74, 6) is -1.07. The van der Waals surface area contributed by atoms with E-state index in [1.165, 1.54) is 6.07 Å². The van der Waals surface area contributed by atoms with Crippen molar-refractivity contribution in [2.24, 2.45) is 0 Å². The Morgan fingerprint density at radius 1 is 1.07 bits per heavy atom. The molecule has 0 aromatic heterocycles. The molecule has 2 aliphatic rings. The quantitative estimate of drug-likeness (QED) is 0.720. The Morgan fingerprint density at radius 3 is 2.38 bits per heavy atom. The van der Waals surface area contributed by atoms with E-state index in [4.69, 9.17) is 4.74 Å². The molecule has 2 saturated heterocycles. The van der Waals surface area contributed by atoms with Crippen LogP contribution in [0.15, 0.2) is 18.2 Å². The highest BCUT2D eigenvalue weighted by Gasteiger charge is 2.24. The van der Waals surface area contributed by atoms with Crippen LogP contribution in [0.5, 0.6) is 0 Å². The van der Waals surface area contributed by atoms with E-state index in [1.54, 1.807) is 19.1 Å². The molecule has 0 aliphatic carbocycles. The number of carbonyl (C=O) groups is 3. The van der Waals surface area contributed by atoms with Crippen molar-refractivity contribution in [1.82, 2.24) is 9.80 Å². The first-order chi connectivity index (χ1) is 14.0. The number of benzene rings is 1. The van der Waals surface area contributed by atoms with Crippen LogP contribution in [0.4, 0.5) is 11.4 Å². The molecule has 0 saturated carbocycles. The smallest absolute Gasteiger partial charge is 0.335 e. The van der Waals surface area contributed by atoms with Crippen LogP contribution in [0, 0.1) is 0 Å². The molecule has 2 heterocycles. The fourth-order valence-corrected chi connectivity index (χ4v) is 3.53. The molecule has 9 nitrogen and oxygen atoms in total. The van der Waals surface area contributed by atoms with E-state index in [2.05, 4.69) is 15.1 Å². The molecule has 2 N–H and O–H groups in total. The van der Waals surface area contributed by atoms with E-state index in [9.17, 15) is 19.5 Å². The van der Waals surface area contributed by atoms with Gasteiger partial charge in [0.25, 0.3) is 0 Å². The number of piperazine rings is 1. The lowest BCUT2D eigenvalue weighted by Gasteiger charge is -2.37. The number of nitrogens with one attached hydrogen (secondary N) is 1. The van der Waals surface area contributed by atoms with E-state index in [0.29, 0.717) is 58.0 Å². The fourth-order valence-electron chi connectivity index (χ4n) is 3.53. The number of carboxylic acids is 1. The minimum absolute atomic E-state index is 0.128. The van der Waals surface area contributed by atoms with Crippen LogP contribution >= 0.6 is 0 Å². The van der Waals surface area contributed by atoms with Gasteiger partial charge in [0.05, 0.1) is 36.7 Å². The fraction of sp³-hybridized carbons (Fsp3) is 0.550. The number of morpholine rings is 1. The van der Waals surface area contributed by atoms with E-state index in [0.717, 1.165) is 18.8 Å². The average molecular weight is 404 g/mol. The zero-order chi connectivity index (χ0) is 20.8. The summed E-state index contributed by atoms with van der Waals surface area (Å²) in [7, 11) is 0. The SMILES string of the molecule is CCC(=O)Nc1cc(C(=O)O)ccc1N1CCN(CC(=O)N2CCOCC2)CC1. The van der Waals surface area contributed by atoms with Crippen LogP contribution in [0.3, 0.4) is 0 Å². The largest absolute Gasteiger partial charge is 0.478 e. The normalized spacial score (nSPS) is 17.8. The van der Waals surface area contributed by atoms with Crippen LogP contribution in [-0.2, 0) is 14.3 Å². The minimum Gasteiger partial charge on any atom is -0.478 e. The maximum Gasteiger partial charge on any atom is 0.335 e. The number of nitrogens with zero attached hydrogens (tertiary/aromatic N) is 3. The molecule has 1 aromatic carbocycles. The van der Waals surface area contributed by atoms with Gasteiger partial charge in [0, 0.05) is 45.7 Å². The van der Waals surface area contributed by atoms with E-state index < -0.39 is 5.97 Å². The summed E-state index contributed by atoms with van der Waals surface area (Å²) in [5.41, 5.74) is 1.44. The van der Waals surface area contributed by atoms with Gasteiger partial charge < -0.3 is 25.0 Å². The zero-order valence-corrected chi connectivity index (χ0v) is 16.7. The second-order valence-electron chi connectivity index (χ2n) is 7.20. The second kappa shape index (κ2) is 9.71. The molecule has 1 aromatic rings. The maximum atomic E-state index is 12.4. The molecule has 0 radical (unpaired) electrons. The van der Waals surface area contributed by atoms with Crippen molar-refractivity contribution < 1.29 is 24.2 Å². The van der Waals surface area contributed by atoms with Crippen LogP contribution in [0.2, 0.25) is 0 Å². The van der Waals surface area contributed by atoms with Gasteiger partial charge in [-0.2, -0.15) is 0 Å². The lowest BCUT2D eigenvalue weighted by molar-refractivity contribution is -0.136. The highest BCUT2D eigenvalue weighted by atomic mass is 16.5. The number of aromatic carboxylic acids is 1. The number of carboxylic acid groups (broad SMARTS) is 1. The summed E-state index contributed by atoms with van der Waals surface area (Å²) < 4.78 is 5.29. The lowest BCUT2D eigenvalue weighted by Crippen LogP contribution is -2.51. The van der Waals surface area contributed by atoms with Crippen molar-refractivity contribution in [3.63, 3.8) is 0 Å². The molecule has 0 bridgehead atoms. The number of amides is 2. The third-order valence-electron chi connectivity index (χ3n) is 5.27. The molecule has 2 amide bonds. The van der Waals surface area contributed by atoms with Gasteiger partial charge in [0.2, 0.25) is 11.8 Å². The predicted molar refractivity (Wildman–Crippen MR) is 108 cm³/mol. The standard InChI is InChI=1S/C20H28N4O5/c1-2-18(25)21-16-13-15(20(27)28)3-4-17(16)23-7-5-22(6-8-23)14-19(26)24-9-11-29-12-10-24/h3-4,13H,2,5-12,14H2,1H3,(H,21,25)(H,27,28). The summed E-state index contributed by atoms with van der Waals surface area (Å²) in [5, 5.41) is 12.1. The minimum atomic E-state index is -1.03. The Hall–Kier alpha value is -2.65. The van der Waals surface area contributed by atoms with Gasteiger partial charge >= 0.3 is 5.97 Å². The number of anilines is 2. The van der Waals surface area contributed by atoms with Crippen molar-refractivity contribution in [3.05, 3.63) is 23.8 Å². The summed E-state index contributed by atoms with van der Waals surface area (Å²) in [6.07, 6.45) is 0.314. The Balaban J connectivity index is 1.62. The topological polar surface area (TPSA) is 102 Å². The number of rotatable bonds is 6. The average Bonchev–Trinajstić information content (AvgIpc) is 2.74. The third kappa shape index (κ3) is 5.45. The van der Waals surface area contributed by atoms with Gasteiger partial charge in [0.15, 0.2) is 0 Å². The lowest BCUT2D eigenvalue weighted by atomic mass is 10.1. The molecular weight excluding hydrogens is 376 g/mol. The van der Waals surface area contributed by atoms with Crippen LogP contribution in [0.1, 0.15) is 23.7 Å². The molecule has 9 heteroatoms. The first-order valence-corrected chi connectivity index (χ1v) is 9.98. The third-order valence-corrected chi connectivity index (χ3v) is 5.27. The Bertz CT molecular complexity index is 755. The molecule has 2 aliphatic heterocycles. The van der Waals surface area contributed by atoms with E-state index >= 15 is 0 Å². The number of hydrogen-bond donors (Lipinski definition) is 2. The summed E-state index contributed by atoms with van der Waals surface area (Å²) >= 11 is 0. The monoisotopic (exact) mass is 404 g/mol. The van der Waals surface area contributed by atoms with Gasteiger partial charge in [-0.25, -0.2) is 4.79 Å². The molecule has 2 fully saturated rings. The number of carbonyl (C=O) groups excluding carboxylic acids is 2. The molecular formula is C20H28N4O5. The first kappa shape index (κ1) is 21.1. The maximum absolute atomic E-state index is 12.4. The first-order valence-electron chi connectivity index (χ1n) is 9.98. The van der Waals surface area contributed by atoms with Gasteiger partial charge in [-0.1, -0.05) is 6.92 Å². The number of hydrogen-bond acceptors (Lipinski definition) is 6. The molecule has 3 rings (SSSR count). The van der Waals surface area contributed by atoms with Gasteiger partial charge in [-0.05, 0) is 18.2 Å². The molecule has 0 unspecified atom stereocenters. The Labute approximate surface area is 170 Å². The predicted octanol–water partition coefficient (Wildman–Crippen LogP) is 0.714. The van der Waals surface area contributed by atoms with Crippen molar-refractivity contribution in [2.45, 2.75) is 13.3 Å². The Morgan fingerprint density at radius 2 is 1.76 bits per heavy atom. The van der Waals surface area contributed by atoms with E-state index in [-0.39, 0.29) is 17.4 Å². The van der Waals surface area contributed by atoms with Gasteiger partial charge in [0.1, 0.15) is 0 Å². The summed E-state index contributed by atoms with van der Waals surface area (Å²) in [4.78, 5) is 41.7. The van der Waals surface area contributed by atoms with Gasteiger partial charge in [-0.15, -0.1) is 0 Å². The second-order valence-corrected chi connectivity index (χ2v) is 7.20. The van der Waals surface area contributed by atoms with Crippen LogP contribution in [0.25, 0.3) is 0 Å². The summed E-state index contributed by atoms with van der Waals surface area (Å²) in [6, 6.07) is 4.79. The van der Waals surface area contributed by atoms with Gasteiger partial charge in [-0.3, -0.25) is 14.5 Å². The molecule has 0 spiro atoms. The highest BCUT2D eigenvalue weighted by Crippen LogP contribution is 2.28. The van der Waals surface area contributed by atoms with Crippen molar-refractivity contribution in [2.75, 3.05) is 69.2 Å². The van der Waals surface area contributed by atoms with Crippen LogP contribution < -0.4 is 10.2 Å². The van der Waals surface area contributed by atoms with Crippen molar-refractivity contribution in [1.29, 1.82) is 0 Å². The Kier molecular flexibility index (Phi) is 7.05. The van der Waals surface area contributed by atoms with Crippen molar-refractivity contribution >= 4 is 29.2 Å². The molecule has 0 atom stereocenters. The molecule has 158 valence electrons. The molecule has 29 heavy (non-hydrogen) atoms. The van der Waals surface area contributed by atoms with E-state index in [1.807, 2.05) is 4.90 Å². The zero-order valence-electron chi connectivity index (χ0n) is 16.7. The van der Waals surface area contributed by atoms with Crippen molar-refractivity contribution in [3.8, 4) is 0 Å². The van der Waals surface area contributed by atoms with Crippen LogP contribution in [-0.4, -0.2) is 91.7 Å².